The number of nitrogens with one attached hydrogen (secondary N) is 1. The summed E-state index contributed by atoms with van der Waals surface area (Å²) in [6.07, 6.45) is 0. The minimum atomic E-state index is -0.122. The Bertz CT molecular complexity index is 1050. The molecule has 6 nitrogen and oxygen atoms in total. The molecule has 0 bridgehead atoms. The third-order valence-electron chi connectivity index (χ3n) is 4.18. The third kappa shape index (κ3) is 3.25. The summed E-state index contributed by atoms with van der Waals surface area (Å²) >= 11 is 2.81. The van der Waals surface area contributed by atoms with Crippen LogP contribution in [0.3, 0.4) is 0 Å². The quantitative estimate of drug-likeness (QED) is 0.572. The lowest BCUT2D eigenvalue weighted by molar-refractivity contribution is 0.0949. The van der Waals surface area contributed by atoms with Crippen molar-refractivity contribution >= 4 is 40.0 Å². The van der Waals surface area contributed by atoms with E-state index in [0.717, 1.165) is 39.0 Å². The Hall–Kier alpha value is -2.58. The average molecular weight is 384 g/mol. The van der Waals surface area contributed by atoms with Gasteiger partial charge < -0.3 is 5.32 Å². The van der Waals surface area contributed by atoms with Crippen molar-refractivity contribution in [3.8, 4) is 0 Å². The highest BCUT2D eigenvalue weighted by atomic mass is 32.1. The molecule has 4 rings (SSSR count). The fourth-order valence-corrected chi connectivity index (χ4v) is 4.29. The molecule has 0 saturated heterocycles. The average Bonchev–Trinajstić information content (AvgIpc) is 3.36. The fourth-order valence-electron chi connectivity index (χ4n) is 2.96. The molecule has 0 fully saturated rings. The van der Waals surface area contributed by atoms with Crippen LogP contribution < -0.4 is 5.32 Å². The first-order valence-electron chi connectivity index (χ1n) is 8.18. The number of carbonyl (C=O) groups is 1. The van der Waals surface area contributed by atoms with Crippen LogP contribution in [0.1, 0.15) is 32.7 Å². The third-order valence-corrected chi connectivity index (χ3v) is 5.71. The van der Waals surface area contributed by atoms with Crippen LogP contribution in [-0.2, 0) is 0 Å². The summed E-state index contributed by atoms with van der Waals surface area (Å²) in [5, 5.41) is 9.69. The van der Waals surface area contributed by atoms with Gasteiger partial charge in [0.1, 0.15) is 17.1 Å². The van der Waals surface area contributed by atoms with Gasteiger partial charge in [0.25, 0.3) is 5.91 Å². The summed E-state index contributed by atoms with van der Waals surface area (Å²) in [7, 11) is 0. The molecule has 132 valence electrons. The Labute approximate surface area is 158 Å². The molecule has 0 aliphatic carbocycles. The van der Waals surface area contributed by atoms with E-state index in [9.17, 15) is 4.79 Å². The molecule has 26 heavy (non-hydrogen) atoms. The number of hydrogen-bond acceptors (Lipinski definition) is 6. The van der Waals surface area contributed by atoms with Crippen LogP contribution in [0, 0.1) is 13.8 Å². The highest BCUT2D eigenvalue weighted by Crippen LogP contribution is 2.24. The van der Waals surface area contributed by atoms with E-state index in [-0.39, 0.29) is 11.9 Å². The number of thiophene rings is 1. The lowest BCUT2D eigenvalue weighted by atomic mass is 10.1. The highest BCUT2D eigenvalue weighted by molar-refractivity contribution is 7.10. The molecule has 0 saturated carbocycles. The molecule has 1 N–H and O–H groups in total. The van der Waals surface area contributed by atoms with Crippen LogP contribution >= 0.6 is 23.1 Å². The van der Waals surface area contributed by atoms with E-state index in [0.29, 0.717) is 12.1 Å². The van der Waals surface area contributed by atoms with Gasteiger partial charge in [0.2, 0.25) is 0 Å². The molecule has 4 aromatic rings. The van der Waals surface area contributed by atoms with Crippen molar-refractivity contribution in [1.82, 2.24) is 23.8 Å². The van der Waals surface area contributed by atoms with Gasteiger partial charge in [-0.15, -0.1) is 11.3 Å². The molecule has 0 unspecified atom stereocenters. The Balaban J connectivity index is 1.56. The van der Waals surface area contributed by atoms with Crippen molar-refractivity contribution < 1.29 is 4.79 Å². The first-order chi connectivity index (χ1) is 12.6. The number of fused-ring (bicyclic) bond motifs is 1. The predicted octanol–water partition coefficient (Wildman–Crippen LogP) is 3.59. The van der Waals surface area contributed by atoms with E-state index in [1.54, 1.807) is 23.5 Å². The van der Waals surface area contributed by atoms with Crippen LogP contribution in [0.15, 0.2) is 41.8 Å². The Morgan fingerprint density at radius 1 is 1.19 bits per heavy atom. The summed E-state index contributed by atoms with van der Waals surface area (Å²) < 4.78 is 10.3. The molecule has 8 heteroatoms. The van der Waals surface area contributed by atoms with Gasteiger partial charge in [0, 0.05) is 22.7 Å². The zero-order valence-electron chi connectivity index (χ0n) is 14.3. The number of hydrogen-bond donors (Lipinski definition) is 1. The molecule has 3 heterocycles. The minimum Gasteiger partial charge on any atom is -0.350 e. The fraction of sp³-hybridized carbons (Fsp3) is 0.222. The molecular formula is C18H17N5OS2. The van der Waals surface area contributed by atoms with Gasteiger partial charge in [-0.25, -0.2) is 0 Å². The largest absolute Gasteiger partial charge is 0.350 e. The summed E-state index contributed by atoms with van der Waals surface area (Å²) in [6, 6.07) is 11.5. The van der Waals surface area contributed by atoms with Gasteiger partial charge in [0.15, 0.2) is 0 Å². The zero-order chi connectivity index (χ0) is 18.1. The number of nitrogens with zero attached hydrogens (tertiary/aromatic N) is 4. The van der Waals surface area contributed by atoms with Crippen molar-refractivity contribution in [2.75, 3.05) is 6.54 Å². The summed E-state index contributed by atoms with van der Waals surface area (Å²) in [6.45, 7) is 4.48. The first kappa shape index (κ1) is 16.9. The molecule has 1 atom stereocenters. The molecule has 3 aromatic heterocycles. The van der Waals surface area contributed by atoms with Crippen LogP contribution in [0.25, 0.3) is 11.0 Å². The Kier molecular flexibility index (Phi) is 4.52. The molecule has 0 spiro atoms. The second-order valence-corrected chi connectivity index (χ2v) is 7.59. The Morgan fingerprint density at radius 2 is 2.04 bits per heavy atom. The van der Waals surface area contributed by atoms with E-state index in [2.05, 4.69) is 25.2 Å². The van der Waals surface area contributed by atoms with Gasteiger partial charge in [0.05, 0.1) is 17.4 Å². The van der Waals surface area contributed by atoms with E-state index in [1.165, 1.54) is 0 Å². The summed E-state index contributed by atoms with van der Waals surface area (Å²) in [5.74, 6) is -0.122. The van der Waals surface area contributed by atoms with Crippen molar-refractivity contribution in [1.29, 1.82) is 0 Å². The number of aromatic nitrogens is 4. The lowest BCUT2D eigenvalue weighted by Gasteiger charge is -2.19. The maximum absolute atomic E-state index is 12.6. The number of amides is 1. The van der Waals surface area contributed by atoms with E-state index < -0.39 is 0 Å². The molecule has 0 aliphatic heterocycles. The van der Waals surface area contributed by atoms with Crippen LogP contribution in [0.5, 0.6) is 0 Å². The topological polar surface area (TPSA) is 72.7 Å². The Morgan fingerprint density at radius 3 is 2.77 bits per heavy atom. The number of aryl methyl sites for hydroxylation is 2. The van der Waals surface area contributed by atoms with Crippen LogP contribution in [0.4, 0.5) is 0 Å². The van der Waals surface area contributed by atoms with Gasteiger partial charge >= 0.3 is 0 Å². The molecule has 0 radical (unpaired) electrons. The van der Waals surface area contributed by atoms with E-state index in [1.807, 2.05) is 42.1 Å². The minimum absolute atomic E-state index is 0.0303. The van der Waals surface area contributed by atoms with Crippen LogP contribution in [-0.4, -0.2) is 31.0 Å². The zero-order valence-corrected chi connectivity index (χ0v) is 16.0. The normalized spacial score (nSPS) is 12.4. The monoisotopic (exact) mass is 383 g/mol. The van der Waals surface area contributed by atoms with Gasteiger partial charge in [-0.05, 0) is 49.6 Å². The second kappa shape index (κ2) is 6.97. The van der Waals surface area contributed by atoms with Gasteiger partial charge in [-0.2, -0.15) is 13.8 Å². The van der Waals surface area contributed by atoms with Crippen molar-refractivity contribution in [3.05, 3.63) is 63.6 Å². The van der Waals surface area contributed by atoms with Crippen molar-refractivity contribution in [2.24, 2.45) is 0 Å². The van der Waals surface area contributed by atoms with Crippen molar-refractivity contribution in [3.63, 3.8) is 0 Å². The smallest absolute Gasteiger partial charge is 0.251 e. The summed E-state index contributed by atoms with van der Waals surface area (Å²) in [4.78, 5) is 13.8. The maximum atomic E-state index is 12.6. The number of rotatable bonds is 5. The van der Waals surface area contributed by atoms with Gasteiger partial charge in [-0.1, -0.05) is 6.07 Å². The molecular weight excluding hydrogens is 366 g/mol. The molecule has 0 aliphatic rings. The summed E-state index contributed by atoms with van der Waals surface area (Å²) in [5.41, 5.74) is 4.19. The highest BCUT2D eigenvalue weighted by Gasteiger charge is 2.19. The second-order valence-electron chi connectivity index (χ2n) is 6.08. The standard InChI is InChI=1S/C18H17N5OS2/c1-11-8-12(2)23(20-11)16(17-4-3-7-25-17)10-19-18(24)13-5-6-14-15(9-13)22-26-21-14/h3-9,16H,10H2,1-2H3,(H,19,24)/t16-/m0/s1. The lowest BCUT2D eigenvalue weighted by Crippen LogP contribution is -2.31. The van der Waals surface area contributed by atoms with E-state index >= 15 is 0 Å². The molecule has 1 amide bonds. The SMILES string of the molecule is Cc1cc(C)n([C@@H](CNC(=O)c2ccc3nsnc3c2)c2cccs2)n1. The number of benzene rings is 1. The van der Waals surface area contributed by atoms with Crippen LogP contribution in [0.2, 0.25) is 0 Å². The number of carbonyl (C=O) groups excluding carboxylic acids is 1. The predicted molar refractivity (Wildman–Crippen MR) is 104 cm³/mol. The van der Waals surface area contributed by atoms with E-state index in [4.69, 9.17) is 0 Å². The molecule has 1 aromatic carbocycles. The maximum Gasteiger partial charge on any atom is 0.251 e. The van der Waals surface area contributed by atoms with Crippen molar-refractivity contribution in [2.45, 2.75) is 19.9 Å². The first-order valence-corrected chi connectivity index (χ1v) is 9.79. The van der Waals surface area contributed by atoms with Gasteiger partial charge in [-0.3, -0.25) is 9.48 Å².